The van der Waals surface area contributed by atoms with Crippen molar-refractivity contribution in [1.29, 1.82) is 0 Å². The van der Waals surface area contributed by atoms with Gasteiger partial charge in [-0.3, -0.25) is 9.78 Å². The molecule has 3 aromatic rings. The van der Waals surface area contributed by atoms with Gasteiger partial charge in [-0.05, 0) is 23.6 Å². The molecule has 0 fully saturated rings. The van der Waals surface area contributed by atoms with Gasteiger partial charge >= 0.3 is 6.09 Å². The Morgan fingerprint density at radius 1 is 1.10 bits per heavy atom. The van der Waals surface area contributed by atoms with Gasteiger partial charge < -0.3 is 19.9 Å². The molecular formula is C21H23N5O4. The first-order valence-electron chi connectivity index (χ1n) is 9.51. The van der Waals surface area contributed by atoms with Gasteiger partial charge in [-0.15, -0.1) is 0 Å². The molecule has 2 aromatic heterocycles. The molecule has 0 spiro atoms. The third-order valence-electron chi connectivity index (χ3n) is 4.24. The molecule has 9 nitrogen and oxygen atoms in total. The maximum absolute atomic E-state index is 12.3. The number of benzene rings is 1. The Kier molecular flexibility index (Phi) is 7.09. The fourth-order valence-corrected chi connectivity index (χ4v) is 2.64. The molecule has 0 bridgehead atoms. The number of carbonyl (C=O) groups excluding carboxylic acids is 2. The molecule has 0 saturated carbocycles. The number of pyridine rings is 1. The molecule has 0 saturated heterocycles. The zero-order chi connectivity index (χ0) is 21.3. The quantitative estimate of drug-likeness (QED) is 0.587. The van der Waals surface area contributed by atoms with Gasteiger partial charge in [0, 0.05) is 18.0 Å². The largest absolute Gasteiger partial charge is 0.445 e. The Hall–Kier alpha value is -3.75. The van der Waals surface area contributed by atoms with Crippen LogP contribution in [0.25, 0.3) is 11.4 Å². The maximum Gasteiger partial charge on any atom is 0.407 e. The van der Waals surface area contributed by atoms with Gasteiger partial charge in [0.05, 0.1) is 0 Å². The van der Waals surface area contributed by atoms with E-state index in [0.717, 1.165) is 11.1 Å². The van der Waals surface area contributed by atoms with E-state index in [1.54, 1.807) is 24.5 Å². The number of carbonyl (C=O) groups is 2. The van der Waals surface area contributed by atoms with Crippen LogP contribution in [0, 0.1) is 5.92 Å². The number of rotatable bonds is 8. The van der Waals surface area contributed by atoms with Crippen molar-refractivity contribution >= 4 is 12.0 Å². The van der Waals surface area contributed by atoms with Crippen LogP contribution >= 0.6 is 0 Å². The highest BCUT2D eigenvalue weighted by molar-refractivity contribution is 5.82. The molecule has 1 aromatic carbocycles. The molecule has 30 heavy (non-hydrogen) atoms. The van der Waals surface area contributed by atoms with Crippen LogP contribution in [0.5, 0.6) is 0 Å². The van der Waals surface area contributed by atoms with E-state index >= 15 is 0 Å². The Labute approximate surface area is 173 Å². The van der Waals surface area contributed by atoms with Crippen LogP contribution in [0.15, 0.2) is 59.4 Å². The normalized spacial score (nSPS) is 11.7. The topological polar surface area (TPSA) is 119 Å². The lowest BCUT2D eigenvalue weighted by molar-refractivity contribution is -0.121. The Morgan fingerprint density at radius 3 is 2.53 bits per heavy atom. The lowest BCUT2D eigenvalue weighted by atomic mass is 10.0. The summed E-state index contributed by atoms with van der Waals surface area (Å²) in [6, 6.07) is 12.3. The highest BCUT2D eigenvalue weighted by Crippen LogP contribution is 2.23. The molecule has 0 aliphatic heterocycles. The van der Waals surface area contributed by atoms with Crippen molar-refractivity contribution in [1.82, 2.24) is 25.8 Å². The number of ether oxygens (including phenoxy) is 1. The average molecular weight is 409 g/mol. The molecule has 1 atom stereocenters. The van der Waals surface area contributed by atoms with Gasteiger partial charge in [-0.2, -0.15) is 4.98 Å². The summed E-state index contributed by atoms with van der Waals surface area (Å²) >= 11 is 0. The minimum absolute atomic E-state index is 0.00952. The zero-order valence-corrected chi connectivity index (χ0v) is 16.7. The third-order valence-corrected chi connectivity index (χ3v) is 4.24. The van der Waals surface area contributed by atoms with Gasteiger partial charge in [-0.1, -0.05) is 49.3 Å². The number of hydrogen-bond donors (Lipinski definition) is 2. The Bertz CT molecular complexity index is 960. The standard InChI is InChI=1S/C21H23N5O4/c1-14(2)18(20-25-19(26-30-20)16-8-10-22-11-9-16)24-17(27)12-23-21(28)29-13-15-6-4-3-5-7-15/h3-11,14,18H,12-13H2,1-2H3,(H,23,28)(H,24,27). The Balaban J connectivity index is 1.52. The minimum Gasteiger partial charge on any atom is -0.445 e. The molecule has 2 amide bonds. The van der Waals surface area contributed by atoms with Gasteiger partial charge in [0.15, 0.2) is 0 Å². The first kappa shape index (κ1) is 21.0. The summed E-state index contributed by atoms with van der Waals surface area (Å²) in [5.74, 6) is 0.297. The predicted molar refractivity (Wildman–Crippen MR) is 108 cm³/mol. The van der Waals surface area contributed by atoms with E-state index in [9.17, 15) is 9.59 Å². The van der Waals surface area contributed by atoms with Crippen molar-refractivity contribution in [2.75, 3.05) is 6.54 Å². The fourth-order valence-electron chi connectivity index (χ4n) is 2.64. The van der Waals surface area contributed by atoms with E-state index < -0.39 is 18.0 Å². The zero-order valence-electron chi connectivity index (χ0n) is 16.7. The highest BCUT2D eigenvalue weighted by Gasteiger charge is 2.25. The number of nitrogens with zero attached hydrogens (tertiary/aromatic N) is 3. The van der Waals surface area contributed by atoms with Crippen LogP contribution in [0.2, 0.25) is 0 Å². The second-order valence-electron chi connectivity index (χ2n) is 6.90. The Morgan fingerprint density at radius 2 is 1.83 bits per heavy atom. The summed E-state index contributed by atoms with van der Waals surface area (Å²) < 4.78 is 10.4. The summed E-state index contributed by atoms with van der Waals surface area (Å²) in [5.41, 5.74) is 1.62. The van der Waals surface area contributed by atoms with Crippen molar-refractivity contribution in [2.45, 2.75) is 26.5 Å². The molecule has 0 aliphatic rings. The van der Waals surface area contributed by atoms with Crippen LogP contribution < -0.4 is 10.6 Å². The number of amides is 2. The van der Waals surface area contributed by atoms with Crippen LogP contribution in [0.1, 0.15) is 31.3 Å². The minimum atomic E-state index is -0.673. The second-order valence-corrected chi connectivity index (χ2v) is 6.90. The fraction of sp³-hybridized carbons (Fsp3) is 0.286. The second kappa shape index (κ2) is 10.1. The van der Waals surface area contributed by atoms with E-state index in [1.165, 1.54) is 0 Å². The lowest BCUT2D eigenvalue weighted by Crippen LogP contribution is -2.40. The van der Waals surface area contributed by atoms with Crippen molar-refractivity contribution < 1.29 is 18.8 Å². The van der Waals surface area contributed by atoms with Crippen molar-refractivity contribution in [3.8, 4) is 11.4 Å². The molecule has 156 valence electrons. The summed E-state index contributed by atoms with van der Waals surface area (Å²) in [5, 5.41) is 9.21. The van der Waals surface area contributed by atoms with E-state index in [-0.39, 0.29) is 25.0 Å². The predicted octanol–water partition coefficient (Wildman–Crippen LogP) is 2.87. The van der Waals surface area contributed by atoms with Crippen molar-refractivity contribution in [3.63, 3.8) is 0 Å². The first-order chi connectivity index (χ1) is 14.5. The van der Waals surface area contributed by atoms with Gasteiger partial charge in [0.25, 0.3) is 0 Å². The van der Waals surface area contributed by atoms with Gasteiger partial charge in [-0.25, -0.2) is 4.79 Å². The first-order valence-corrected chi connectivity index (χ1v) is 9.51. The van der Waals surface area contributed by atoms with Crippen LogP contribution in [0.4, 0.5) is 4.79 Å². The molecule has 9 heteroatoms. The smallest absolute Gasteiger partial charge is 0.407 e. The van der Waals surface area contributed by atoms with Crippen LogP contribution in [-0.4, -0.2) is 33.7 Å². The van der Waals surface area contributed by atoms with Crippen molar-refractivity contribution in [3.05, 3.63) is 66.3 Å². The number of hydrogen-bond acceptors (Lipinski definition) is 7. The van der Waals surface area contributed by atoms with Crippen LogP contribution in [-0.2, 0) is 16.1 Å². The monoisotopic (exact) mass is 409 g/mol. The molecule has 0 aliphatic carbocycles. The van der Waals surface area contributed by atoms with E-state index in [4.69, 9.17) is 9.26 Å². The SMILES string of the molecule is CC(C)C(NC(=O)CNC(=O)OCc1ccccc1)c1nc(-c2ccncc2)no1. The van der Waals surface area contributed by atoms with Crippen LogP contribution in [0.3, 0.4) is 0 Å². The number of alkyl carbamates (subject to hydrolysis) is 1. The summed E-state index contributed by atoms with van der Waals surface area (Å²) in [6.07, 6.45) is 2.60. The molecule has 2 heterocycles. The highest BCUT2D eigenvalue weighted by atomic mass is 16.5. The summed E-state index contributed by atoms with van der Waals surface area (Å²) in [7, 11) is 0. The molecule has 3 rings (SSSR count). The molecular weight excluding hydrogens is 386 g/mol. The van der Waals surface area contributed by atoms with Crippen molar-refractivity contribution in [2.24, 2.45) is 5.92 Å². The number of aromatic nitrogens is 3. The lowest BCUT2D eigenvalue weighted by Gasteiger charge is -2.18. The molecule has 0 radical (unpaired) electrons. The summed E-state index contributed by atoms with van der Waals surface area (Å²) in [6.45, 7) is 3.73. The number of nitrogens with one attached hydrogen (secondary N) is 2. The average Bonchev–Trinajstić information content (AvgIpc) is 3.25. The van der Waals surface area contributed by atoms with E-state index in [1.807, 2.05) is 44.2 Å². The van der Waals surface area contributed by atoms with Gasteiger partial charge in [0.2, 0.25) is 17.6 Å². The third kappa shape index (κ3) is 5.87. The maximum atomic E-state index is 12.3. The van der Waals surface area contributed by atoms with E-state index in [0.29, 0.717) is 5.82 Å². The molecule has 2 N–H and O–H groups in total. The summed E-state index contributed by atoms with van der Waals surface area (Å²) in [4.78, 5) is 32.5. The van der Waals surface area contributed by atoms with Gasteiger partial charge in [0.1, 0.15) is 19.2 Å². The van der Waals surface area contributed by atoms with E-state index in [2.05, 4.69) is 25.8 Å². The molecule has 1 unspecified atom stereocenters.